The summed E-state index contributed by atoms with van der Waals surface area (Å²) in [6, 6.07) is 13.6. The van der Waals surface area contributed by atoms with Gasteiger partial charge in [0.25, 0.3) is 0 Å². The van der Waals surface area contributed by atoms with Gasteiger partial charge in [0.05, 0.1) is 6.61 Å². The number of rotatable bonds is 11. The minimum absolute atomic E-state index is 0.288. The monoisotopic (exact) mass is 352 g/mol. The molecule has 2 rings (SSSR count). The van der Waals surface area contributed by atoms with Crippen LogP contribution in [0.1, 0.15) is 64.4 Å². The third kappa shape index (κ3) is 6.59. The van der Waals surface area contributed by atoms with Crippen molar-refractivity contribution in [1.82, 2.24) is 0 Å². The molecule has 0 unspecified atom stereocenters. The Bertz CT molecular complexity index is 671. The molecule has 0 amide bonds. The second-order valence-corrected chi connectivity index (χ2v) is 6.77. The number of hydrogen-bond acceptors (Lipinski definition) is 2. The summed E-state index contributed by atoms with van der Waals surface area (Å²) in [5.74, 6) is 1.21. The maximum absolute atomic E-state index is 9.49. The van der Waals surface area contributed by atoms with Crippen LogP contribution in [0.25, 0.3) is 17.2 Å². The molecule has 0 atom stereocenters. The molecule has 0 aliphatic rings. The first-order valence-electron chi connectivity index (χ1n) is 9.93. The zero-order valence-corrected chi connectivity index (χ0v) is 16.2. The lowest BCUT2D eigenvalue weighted by Gasteiger charge is -2.11. The van der Waals surface area contributed by atoms with E-state index >= 15 is 0 Å². The van der Waals surface area contributed by atoms with Gasteiger partial charge in [-0.05, 0) is 54.3 Å². The molecular weight excluding hydrogens is 320 g/mol. The number of hydrogen-bond donors (Lipinski definition) is 1. The lowest BCUT2D eigenvalue weighted by atomic mass is 9.99. The number of benzene rings is 2. The summed E-state index contributed by atoms with van der Waals surface area (Å²) in [7, 11) is 0. The number of phenolic OH excluding ortho intramolecular Hbond substituents is 1. The topological polar surface area (TPSA) is 29.5 Å². The van der Waals surface area contributed by atoms with Crippen LogP contribution in [0.2, 0.25) is 0 Å². The fourth-order valence-electron chi connectivity index (χ4n) is 3.10. The van der Waals surface area contributed by atoms with Crippen molar-refractivity contribution >= 4 is 6.08 Å². The van der Waals surface area contributed by atoms with Gasteiger partial charge in [0.1, 0.15) is 11.5 Å². The fraction of sp³-hybridized carbons (Fsp3) is 0.417. The Hall–Kier alpha value is -2.22. The molecule has 0 saturated carbocycles. The predicted octanol–water partition coefficient (Wildman–Crippen LogP) is 7.22. The van der Waals surface area contributed by atoms with Crippen LogP contribution in [0.4, 0.5) is 0 Å². The van der Waals surface area contributed by atoms with Crippen molar-refractivity contribution in [2.45, 2.75) is 58.8 Å². The van der Waals surface area contributed by atoms with Crippen molar-refractivity contribution in [3.63, 3.8) is 0 Å². The minimum Gasteiger partial charge on any atom is -0.508 e. The van der Waals surface area contributed by atoms with Crippen molar-refractivity contribution in [2.75, 3.05) is 6.61 Å². The molecule has 1 N–H and O–H groups in total. The van der Waals surface area contributed by atoms with Crippen LogP contribution >= 0.6 is 0 Å². The quantitative estimate of drug-likeness (QED) is 0.432. The zero-order valence-electron chi connectivity index (χ0n) is 16.2. The molecule has 0 spiro atoms. The van der Waals surface area contributed by atoms with Gasteiger partial charge in [0.2, 0.25) is 0 Å². The number of unbranched alkanes of at least 4 members (excludes halogenated alkanes) is 6. The van der Waals surface area contributed by atoms with Gasteiger partial charge in [0.15, 0.2) is 0 Å². The largest absolute Gasteiger partial charge is 0.508 e. The number of allylic oxidation sites excluding steroid dienone is 1. The Morgan fingerprint density at radius 1 is 0.885 bits per heavy atom. The third-order valence-corrected chi connectivity index (χ3v) is 4.56. The smallest absolute Gasteiger partial charge is 0.119 e. The molecule has 0 aromatic heterocycles. The summed E-state index contributed by atoms with van der Waals surface area (Å²) in [5.41, 5.74) is 3.37. The highest BCUT2D eigenvalue weighted by molar-refractivity contribution is 5.76. The molecule has 0 saturated heterocycles. The van der Waals surface area contributed by atoms with E-state index in [-0.39, 0.29) is 5.75 Å². The number of ether oxygens (including phenoxy) is 1. The normalized spacial score (nSPS) is 11.2. The molecule has 2 aromatic carbocycles. The average molecular weight is 353 g/mol. The van der Waals surface area contributed by atoms with Gasteiger partial charge in [-0.3, -0.25) is 0 Å². The van der Waals surface area contributed by atoms with Crippen LogP contribution in [0.15, 0.2) is 48.5 Å². The first kappa shape index (κ1) is 20.1. The SMILES string of the molecule is CC=Cc1cc(OCCCCCCCCC)ccc1-c1ccc(O)cc1. The highest BCUT2D eigenvalue weighted by Crippen LogP contribution is 2.29. The lowest BCUT2D eigenvalue weighted by Crippen LogP contribution is -1.98. The highest BCUT2D eigenvalue weighted by atomic mass is 16.5. The predicted molar refractivity (Wildman–Crippen MR) is 112 cm³/mol. The van der Waals surface area contributed by atoms with Crippen LogP contribution in [0.3, 0.4) is 0 Å². The third-order valence-electron chi connectivity index (χ3n) is 4.56. The second-order valence-electron chi connectivity index (χ2n) is 6.77. The van der Waals surface area contributed by atoms with E-state index < -0.39 is 0 Å². The molecule has 0 aliphatic carbocycles. The van der Waals surface area contributed by atoms with Crippen LogP contribution in [0, 0.1) is 0 Å². The molecule has 0 heterocycles. The van der Waals surface area contributed by atoms with Gasteiger partial charge in [-0.25, -0.2) is 0 Å². The standard InChI is InChI=1S/C24H32O2/c1-3-5-6-7-8-9-10-18-26-23-16-17-24(21(19-23)11-4-2)20-12-14-22(25)15-13-20/h4,11-17,19,25H,3,5-10,18H2,1-2H3. The van der Waals surface area contributed by atoms with Crippen LogP contribution in [-0.4, -0.2) is 11.7 Å². The molecular formula is C24H32O2. The van der Waals surface area contributed by atoms with Crippen molar-refractivity contribution in [3.8, 4) is 22.6 Å². The van der Waals surface area contributed by atoms with Gasteiger partial charge < -0.3 is 9.84 Å². The Morgan fingerprint density at radius 2 is 1.58 bits per heavy atom. The molecule has 2 nitrogen and oxygen atoms in total. The van der Waals surface area contributed by atoms with Crippen LogP contribution in [0.5, 0.6) is 11.5 Å². The molecule has 0 fully saturated rings. The van der Waals surface area contributed by atoms with E-state index in [0.29, 0.717) is 0 Å². The zero-order chi connectivity index (χ0) is 18.6. The number of aromatic hydroxyl groups is 1. The molecule has 2 heteroatoms. The van der Waals surface area contributed by atoms with Crippen LogP contribution < -0.4 is 4.74 Å². The van der Waals surface area contributed by atoms with E-state index in [0.717, 1.165) is 35.5 Å². The molecule has 0 aliphatic heterocycles. The van der Waals surface area contributed by atoms with Gasteiger partial charge >= 0.3 is 0 Å². The van der Waals surface area contributed by atoms with Gasteiger partial charge in [-0.1, -0.05) is 75.8 Å². The maximum Gasteiger partial charge on any atom is 0.119 e. The van der Waals surface area contributed by atoms with Crippen molar-refractivity contribution in [2.24, 2.45) is 0 Å². The second kappa shape index (κ2) is 11.4. The maximum atomic E-state index is 9.49. The minimum atomic E-state index is 0.288. The number of phenols is 1. The van der Waals surface area contributed by atoms with Gasteiger partial charge in [0, 0.05) is 0 Å². The summed E-state index contributed by atoms with van der Waals surface area (Å²) in [6.07, 6.45) is 13.2. The Labute approximate surface area is 158 Å². The molecule has 140 valence electrons. The summed E-state index contributed by atoms with van der Waals surface area (Å²) >= 11 is 0. The van der Waals surface area contributed by atoms with E-state index in [2.05, 4.69) is 25.1 Å². The lowest BCUT2D eigenvalue weighted by molar-refractivity contribution is 0.304. The Kier molecular flexibility index (Phi) is 8.82. The average Bonchev–Trinajstić information content (AvgIpc) is 2.65. The Morgan fingerprint density at radius 3 is 2.27 bits per heavy atom. The fourth-order valence-corrected chi connectivity index (χ4v) is 3.10. The summed E-state index contributed by atoms with van der Waals surface area (Å²) in [5, 5.41) is 9.49. The van der Waals surface area contributed by atoms with E-state index in [4.69, 9.17) is 4.74 Å². The highest BCUT2D eigenvalue weighted by Gasteiger charge is 2.05. The van der Waals surface area contributed by atoms with Crippen molar-refractivity contribution in [1.29, 1.82) is 0 Å². The molecule has 2 aromatic rings. The van der Waals surface area contributed by atoms with Crippen molar-refractivity contribution < 1.29 is 9.84 Å². The summed E-state index contributed by atoms with van der Waals surface area (Å²) in [4.78, 5) is 0. The van der Waals surface area contributed by atoms with E-state index in [1.807, 2.05) is 31.2 Å². The summed E-state index contributed by atoms with van der Waals surface area (Å²) in [6.45, 7) is 5.05. The molecule has 0 bridgehead atoms. The molecule has 0 radical (unpaired) electrons. The van der Waals surface area contributed by atoms with Crippen LogP contribution in [-0.2, 0) is 0 Å². The van der Waals surface area contributed by atoms with E-state index in [1.54, 1.807) is 12.1 Å². The Balaban J connectivity index is 1.90. The first-order valence-corrected chi connectivity index (χ1v) is 9.93. The summed E-state index contributed by atoms with van der Waals surface area (Å²) < 4.78 is 5.96. The molecule has 26 heavy (non-hydrogen) atoms. The van der Waals surface area contributed by atoms with Gasteiger partial charge in [-0.15, -0.1) is 0 Å². The van der Waals surface area contributed by atoms with E-state index in [9.17, 15) is 5.11 Å². The van der Waals surface area contributed by atoms with Crippen molar-refractivity contribution in [3.05, 3.63) is 54.1 Å². The first-order chi connectivity index (χ1) is 12.7. The van der Waals surface area contributed by atoms with Gasteiger partial charge in [-0.2, -0.15) is 0 Å². The van der Waals surface area contributed by atoms with E-state index in [1.165, 1.54) is 38.5 Å².